The number of hydrogen-bond donors (Lipinski definition) is 1. The van der Waals surface area contributed by atoms with E-state index in [-0.39, 0.29) is 0 Å². The molecule has 100 valence electrons. The van der Waals surface area contributed by atoms with Gasteiger partial charge in [0.1, 0.15) is 0 Å². The van der Waals surface area contributed by atoms with Crippen LogP contribution in [0, 0.1) is 11.8 Å². The molecule has 0 saturated heterocycles. The molecule has 0 aliphatic heterocycles. The summed E-state index contributed by atoms with van der Waals surface area (Å²) in [6.07, 6.45) is 6.23. The quantitative estimate of drug-likeness (QED) is 0.849. The maximum absolute atomic E-state index is 4.34. The molecule has 1 aliphatic rings. The predicted molar refractivity (Wildman–Crippen MR) is 76.7 cm³/mol. The topological polar surface area (TPSA) is 37.8 Å². The Kier molecular flexibility index (Phi) is 5.01. The Bertz CT molecular complexity index is 357. The monoisotopic (exact) mass is 265 g/mol. The van der Waals surface area contributed by atoms with Crippen LogP contribution >= 0.6 is 11.8 Å². The lowest BCUT2D eigenvalue weighted by atomic mass is 9.80. The summed E-state index contributed by atoms with van der Waals surface area (Å²) in [6, 6.07) is 2.46. The van der Waals surface area contributed by atoms with Crippen LogP contribution < -0.4 is 5.32 Å². The van der Waals surface area contributed by atoms with Crippen LogP contribution in [0.2, 0.25) is 0 Å². The maximum atomic E-state index is 4.34. The number of thioether (sulfide) groups is 1. The van der Waals surface area contributed by atoms with Gasteiger partial charge in [-0.25, -0.2) is 9.97 Å². The summed E-state index contributed by atoms with van der Waals surface area (Å²) in [5.41, 5.74) is 0. The van der Waals surface area contributed by atoms with Crippen molar-refractivity contribution in [3.63, 3.8) is 0 Å². The van der Waals surface area contributed by atoms with Crippen molar-refractivity contribution in [2.24, 2.45) is 11.8 Å². The molecule has 0 amide bonds. The van der Waals surface area contributed by atoms with Gasteiger partial charge in [-0.15, -0.1) is 0 Å². The Morgan fingerprint density at radius 1 is 1.28 bits per heavy atom. The zero-order chi connectivity index (χ0) is 13.0. The molecule has 0 bridgehead atoms. The molecule has 1 aromatic heterocycles. The summed E-state index contributed by atoms with van der Waals surface area (Å²) >= 11 is 1.84. The second kappa shape index (κ2) is 6.53. The van der Waals surface area contributed by atoms with E-state index in [4.69, 9.17) is 0 Å². The van der Waals surface area contributed by atoms with Crippen molar-refractivity contribution in [3.05, 3.63) is 18.5 Å². The highest BCUT2D eigenvalue weighted by Crippen LogP contribution is 2.38. The average molecular weight is 265 g/mol. The molecule has 1 saturated carbocycles. The number of hydrogen-bond acceptors (Lipinski definition) is 4. The fourth-order valence-corrected chi connectivity index (χ4v) is 4.16. The van der Waals surface area contributed by atoms with Crippen molar-refractivity contribution in [2.75, 3.05) is 6.54 Å². The largest absolute Gasteiger partial charge is 0.313 e. The van der Waals surface area contributed by atoms with Crippen LogP contribution in [-0.2, 0) is 0 Å². The fraction of sp³-hybridized carbons (Fsp3) is 0.714. The van der Waals surface area contributed by atoms with E-state index in [0.717, 1.165) is 17.6 Å². The third kappa shape index (κ3) is 3.45. The Balaban J connectivity index is 2.07. The summed E-state index contributed by atoms with van der Waals surface area (Å²) in [4.78, 5) is 8.69. The lowest BCUT2D eigenvalue weighted by Crippen LogP contribution is -2.46. The van der Waals surface area contributed by atoms with E-state index < -0.39 is 0 Å². The molecule has 0 spiro atoms. The van der Waals surface area contributed by atoms with Gasteiger partial charge in [0.2, 0.25) is 0 Å². The predicted octanol–water partition coefficient (Wildman–Crippen LogP) is 2.98. The van der Waals surface area contributed by atoms with E-state index in [9.17, 15) is 0 Å². The Labute approximate surface area is 114 Å². The molecule has 4 atom stereocenters. The second-order valence-electron chi connectivity index (χ2n) is 5.33. The van der Waals surface area contributed by atoms with E-state index in [1.807, 2.05) is 30.2 Å². The minimum atomic E-state index is 0.586. The summed E-state index contributed by atoms with van der Waals surface area (Å²) in [5, 5.41) is 5.13. The summed E-state index contributed by atoms with van der Waals surface area (Å²) in [6.45, 7) is 7.95. The van der Waals surface area contributed by atoms with Gasteiger partial charge < -0.3 is 5.32 Å². The van der Waals surface area contributed by atoms with E-state index in [0.29, 0.717) is 17.2 Å². The van der Waals surface area contributed by atoms with Crippen LogP contribution in [0.4, 0.5) is 0 Å². The van der Waals surface area contributed by atoms with Crippen molar-refractivity contribution in [1.29, 1.82) is 0 Å². The van der Waals surface area contributed by atoms with E-state index >= 15 is 0 Å². The lowest BCUT2D eigenvalue weighted by Gasteiger charge is -2.39. The number of rotatable bonds is 4. The summed E-state index contributed by atoms with van der Waals surface area (Å²) in [7, 11) is 0. The zero-order valence-corrected chi connectivity index (χ0v) is 12.3. The average Bonchev–Trinajstić information content (AvgIpc) is 2.35. The first-order valence-corrected chi connectivity index (χ1v) is 7.75. The van der Waals surface area contributed by atoms with E-state index in [1.165, 1.54) is 12.8 Å². The van der Waals surface area contributed by atoms with Crippen molar-refractivity contribution in [1.82, 2.24) is 15.3 Å². The van der Waals surface area contributed by atoms with Crippen LogP contribution in [0.3, 0.4) is 0 Å². The highest BCUT2D eigenvalue weighted by Gasteiger charge is 2.34. The molecule has 1 heterocycles. The third-order valence-electron chi connectivity index (χ3n) is 3.64. The van der Waals surface area contributed by atoms with E-state index in [2.05, 4.69) is 36.1 Å². The van der Waals surface area contributed by atoms with E-state index in [1.54, 1.807) is 0 Å². The van der Waals surface area contributed by atoms with Crippen LogP contribution in [0.15, 0.2) is 23.6 Å². The summed E-state index contributed by atoms with van der Waals surface area (Å²) in [5.74, 6) is 1.53. The molecule has 1 N–H and O–H groups in total. The van der Waals surface area contributed by atoms with Crippen LogP contribution in [-0.4, -0.2) is 27.8 Å². The third-order valence-corrected chi connectivity index (χ3v) is 5.12. The highest BCUT2D eigenvalue weighted by molar-refractivity contribution is 7.99. The van der Waals surface area contributed by atoms with Gasteiger partial charge in [0.25, 0.3) is 0 Å². The van der Waals surface area contributed by atoms with Crippen molar-refractivity contribution in [2.45, 2.75) is 50.1 Å². The first-order valence-electron chi connectivity index (χ1n) is 6.87. The second-order valence-corrected chi connectivity index (χ2v) is 6.48. The molecule has 4 unspecified atom stereocenters. The van der Waals surface area contributed by atoms with Crippen molar-refractivity contribution < 1.29 is 0 Å². The minimum absolute atomic E-state index is 0.586. The van der Waals surface area contributed by atoms with Crippen LogP contribution in [0.25, 0.3) is 0 Å². The zero-order valence-electron chi connectivity index (χ0n) is 11.5. The molecular formula is C14H23N3S. The van der Waals surface area contributed by atoms with Crippen LogP contribution in [0.5, 0.6) is 0 Å². The summed E-state index contributed by atoms with van der Waals surface area (Å²) < 4.78 is 0. The SMILES string of the molecule is CCNC1CC(C)CC(C)C1Sc1ncccn1. The van der Waals surface area contributed by atoms with Crippen LogP contribution in [0.1, 0.15) is 33.6 Å². The molecule has 3 nitrogen and oxygen atoms in total. The van der Waals surface area contributed by atoms with Gasteiger partial charge >= 0.3 is 0 Å². The van der Waals surface area contributed by atoms with Gasteiger partial charge in [0, 0.05) is 23.7 Å². The van der Waals surface area contributed by atoms with Gasteiger partial charge in [-0.3, -0.25) is 0 Å². The molecule has 1 aliphatic carbocycles. The molecule has 1 aromatic rings. The van der Waals surface area contributed by atoms with Gasteiger partial charge in [-0.1, -0.05) is 32.5 Å². The first kappa shape index (κ1) is 13.8. The first-order chi connectivity index (χ1) is 8.70. The smallest absolute Gasteiger partial charge is 0.187 e. The molecule has 1 fully saturated rings. The van der Waals surface area contributed by atoms with Gasteiger partial charge in [0.15, 0.2) is 5.16 Å². The molecule has 2 rings (SSSR count). The lowest BCUT2D eigenvalue weighted by molar-refractivity contribution is 0.251. The van der Waals surface area contributed by atoms with Crippen molar-refractivity contribution >= 4 is 11.8 Å². The Hall–Kier alpha value is -0.610. The standard InChI is InChI=1S/C14H23N3S/c1-4-15-12-9-10(2)8-11(3)13(12)18-14-16-6-5-7-17-14/h5-7,10-13,15H,4,8-9H2,1-3H3. The number of nitrogens with one attached hydrogen (secondary N) is 1. The van der Waals surface area contributed by atoms with Crippen molar-refractivity contribution in [3.8, 4) is 0 Å². The number of aromatic nitrogens is 2. The molecule has 4 heteroatoms. The molecule has 18 heavy (non-hydrogen) atoms. The van der Waals surface area contributed by atoms with Gasteiger partial charge in [0.05, 0.1) is 0 Å². The normalized spacial score (nSPS) is 32.4. The van der Waals surface area contributed by atoms with Gasteiger partial charge in [-0.2, -0.15) is 0 Å². The molecule has 0 radical (unpaired) electrons. The number of nitrogens with zero attached hydrogens (tertiary/aromatic N) is 2. The fourth-order valence-electron chi connectivity index (χ4n) is 2.96. The van der Waals surface area contributed by atoms with Gasteiger partial charge in [-0.05, 0) is 37.3 Å². The maximum Gasteiger partial charge on any atom is 0.187 e. The Morgan fingerprint density at radius 2 is 2.00 bits per heavy atom. The molecular weight excluding hydrogens is 242 g/mol. The molecule has 0 aromatic carbocycles. The highest BCUT2D eigenvalue weighted by atomic mass is 32.2. The minimum Gasteiger partial charge on any atom is -0.313 e. The Morgan fingerprint density at radius 3 is 2.67 bits per heavy atom.